The number of alkyl carbamates (subject to hydrolysis) is 1. The van der Waals surface area contributed by atoms with Crippen molar-refractivity contribution in [2.24, 2.45) is 0 Å². The Labute approximate surface area is 186 Å². The third-order valence-corrected chi connectivity index (χ3v) is 5.19. The number of ether oxygens (including phenoxy) is 2. The zero-order valence-electron chi connectivity index (χ0n) is 17.6. The zero-order valence-corrected chi connectivity index (χ0v) is 17.6. The van der Waals surface area contributed by atoms with Gasteiger partial charge in [0.1, 0.15) is 19.2 Å². The summed E-state index contributed by atoms with van der Waals surface area (Å²) >= 11 is 0. The third-order valence-electron chi connectivity index (χ3n) is 5.19. The van der Waals surface area contributed by atoms with Crippen molar-refractivity contribution in [2.75, 3.05) is 33.4 Å². The number of benzene rings is 2. The quantitative estimate of drug-likeness (QED) is 0.583. The maximum Gasteiger partial charge on any atom is 0.407 e. The second-order valence-electron chi connectivity index (χ2n) is 7.27. The van der Waals surface area contributed by atoms with Crippen molar-refractivity contribution in [3.63, 3.8) is 0 Å². The summed E-state index contributed by atoms with van der Waals surface area (Å²) in [6, 6.07) is 14.7. The molecule has 0 saturated carbocycles. The van der Waals surface area contributed by atoms with Crippen LogP contribution in [0.3, 0.4) is 0 Å². The summed E-state index contributed by atoms with van der Waals surface area (Å²) < 4.78 is 10.5. The summed E-state index contributed by atoms with van der Waals surface area (Å²) in [6.45, 7) is -0.881. The molecule has 0 fully saturated rings. The Morgan fingerprint density at radius 2 is 1.72 bits per heavy atom. The monoisotopic (exact) mass is 436 g/mol. The summed E-state index contributed by atoms with van der Waals surface area (Å²) in [6.07, 6.45) is 4.43. The van der Waals surface area contributed by atoms with Crippen LogP contribution in [-0.4, -0.2) is 67.4 Å². The molecule has 0 spiro atoms. The molecule has 8 heteroatoms. The summed E-state index contributed by atoms with van der Waals surface area (Å²) in [5.74, 6) is 0.230. The Morgan fingerprint density at radius 3 is 2.25 bits per heavy atom. The molecule has 2 aromatic carbocycles. The van der Waals surface area contributed by atoms with E-state index in [0.717, 1.165) is 27.2 Å². The van der Waals surface area contributed by atoms with Gasteiger partial charge in [0.2, 0.25) is 5.91 Å². The predicted octanol–water partition coefficient (Wildman–Crippen LogP) is 2.09. The van der Waals surface area contributed by atoms with Crippen LogP contribution in [0.4, 0.5) is 4.79 Å². The van der Waals surface area contributed by atoms with Crippen LogP contribution in [0.25, 0.3) is 11.1 Å². The first-order chi connectivity index (χ1) is 15.5. The highest BCUT2D eigenvalue weighted by molar-refractivity contribution is 5.88. The number of carbonyl (C=O) groups excluding carboxylic acids is 2. The van der Waals surface area contributed by atoms with Gasteiger partial charge in [0.25, 0.3) is 0 Å². The number of hydrogen-bond donors (Lipinski definition) is 2. The molecule has 8 nitrogen and oxygen atoms in total. The minimum absolute atomic E-state index is 0.0803. The molecule has 2 aromatic rings. The smallest absolute Gasteiger partial charge is 0.407 e. The Morgan fingerprint density at radius 1 is 1.12 bits per heavy atom. The second-order valence-corrected chi connectivity index (χ2v) is 7.27. The van der Waals surface area contributed by atoms with E-state index in [1.54, 1.807) is 0 Å². The molecule has 32 heavy (non-hydrogen) atoms. The fourth-order valence-corrected chi connectivity index (χ4v) is 3.83. The third kappa shape index (κ3) is 5.07. The van der Waals surface area contributed by atoms with Gasteiger partial charge < -0.3 is 24.8 Å². The number of carbonyl (C=O) groups is 3. The van der Waals surface area contributed by atoms with Crippen molar-refractivity contribution in [1.29, 1.82) is 0 Å². The Kier molecular flexibility index (Phi) is 7.47. The highest BCUT2D eigenvalue weighted by atomic mass is 16.5. The summed E-state index contributed by atoms with van der Waals surface area (Å²) in [7, 11) is 1.36. The number of hydrogen-bond acceptors (Lipinski definition) is 5. The van der Waals surface area contributed by atoms with Crippen LogP contribution < -0.4 is 5.32 Å². The van der Waals surface area contributed by atoms with E-state index in [-0.39, 0.29) is 25.7 Å². The lowest BCUT2D eigenvalue weighted by atomic mass is 9.98. The fourth-order valence-electron chi connectivity index (χ4n) is 3.83. The van der Waals surface area contributed by atoms with Crippen LogP contribution in [0.2, 0.25) is 0 Å². The largest absolute Gasteiger partial charge is 0.480 e. The number of nitrogens with one attached hydrogen (secondary N) is 1. The van der Waals surface area contributed by atoms with E-state index in [0.29, 0.717) is 0 Å². The number of carboxylic acids is 1. The van der Waals surface area contributed by atoms with Gasteiger partial charge in [-0.2, -0.15) is 0 Å². The molecule has 0 unspecified atom stereocenters. The average Bonchev–Trinajstić information content (AvgIpc) is 3.10. The van der Waals surface area contributed by atoms with Crippen molar-refractivity contribution in [1.82, 2.24) is 10.2 Å². The first-order valence-corrected chi connectivity index (χ1v) is 10.0. The molecule has 0 radical (unpaired) electrons. The van der Waals surface area contributed by atoms with E-state index >= 15 is 0 Å². The van der Waals surface area contributed by atoms with Crippen molar-refractivity contribution in [2.45, 2.75) is 12.0 Å². The average molecular weight is 436 g/mol. The molecule has 0 aliphatic heterocycles. The number of fused-ring (bicyclic) bond motifs is 3. The molecule has 2 N–H and O–H groups in total. The number of rotatable bonds is 9. The fraction of sp³-hybridized carbons (Fsp3) is 0.292. The van der Waals surface area contributed by atoms with E-state index in [1.165, 1.54) is 7.11 Å². The number of amides is 2. The first-order valence-electron chi connectivity index (χ1n) is 10.0. The molecule has 1 aliphatic carbocycles. The van der Waals surface area contributed by atoms with Crippen molar-refractivity contribution in [3.05, 3.63) is 59.7 Å². The molecule has 1 atom stereocenters. The van der Waals surface area contributed by atoms with Crippen LogP contribution in [0.5, 0.6) is 0 Å². The highest BCUT2D eigenvalue weighted by Gasteiger charge is 2.31. The van der Waals surface area contributed by atoms with E-state index in [4.69, 9.17) is 21.0 Å². The topological polar surface area (TPSA) is 105 Å². The van der Waals surface area contributed by atoms with E-state index < -0.39 is 30.6 Å². The number of carboxylic acid groups (broad SMARTS) is 1. The molecule has 3 rings (SSSR count). The molecule has 166 valence electrons. The lowest BCUT2D eigenvalue weighted by molar-refractivity contribution is -0.145. The van der Waals surface area contributed by atoms with Crippen molar-refractivity contribution >= 4 is 18.0 Å². The van der Waals surface area contributed by atoms with Gasteiger partial charge in [0.05, 0.1) is 13.2 Å². The van der Waals surface area contributed by atoms with Crippen LogP contribution in [-0.2, 0) is 19.1 Å². The maximum atomic E-state index is 12.7. The minimum Gasteiger partial charge on any atom is -0.480 e. The van der Waals surface area contributed by atoms with E-state index in [9.17, 15) is 14.4 Å². The minimum atomic E-state index is -1.22. The van der Waals surface area contributed by atoms with Gasteiger partial charge in [0, 0.05) is 13.0 Å². The maximum absolute atomic E-state index is 12.7. The van der Waals surface area contributed by atoms with Crippen LogP contribution in [0.15, 0.2) is 48.5 Å². The Balaban J connectivity index is 1.68. The Bertz CT molecular complexity index is 999. The summed E-state index contributed by atoms with van der Waals surface area (Å²) in [5.41, 5.74) is 4.33. The molecule has 0 heterocycles. The lowest BCUT2D eigenvalue weighted by Crippen LogP contribution is -2.52. The molecule has 0 aromatic heterocycles. The standard InChI is InChI=1S/C24H24N2O6/c1-3-12-26(13-22(27)28)23(29)21(15-31-2)25-24(30)32-14-20-18-10-6-4-8-16(18)17-9-5-7-11-19(17)20/h1,4-11,20-21H,12-15H2,2H3,(H,25,30)(H,27,28)/t21-/m0/s1. The van der Waals surface area contributed by atoms with Gasteiger partial charge in [-0.1, -0.05) is 54.5 Å². The van der Waals surface area contributed by atoms with Crippen LogP contribution in [0, 0.1) is 12.3 Å². The SMILES string of the molecule is C#CCN(CC(=O)O)C(=O)[C@H](COC)NC(=O)OCC1c2ccccc2-c2ccccc21. The second kappa shape index (κ2) is 10.5. The molecule has 1 aliphatic rings. The lowest BCUT2D eigenvalue weighted by Gasteiger charge is -2.25. The van der Waals surface area contributed by atoms with E-state index in [2.05, 4.69) is 11.2 Å². The summed E-state index contributed by atoms with van der Waals surface area (Å²) in [5, 5.41) is 11.5. The van der Waals surface area contributed by atoms with E-state index in [1.807, 2.05) is 48.5 Å². The van der Waals surface area contributed by atoms with Crippen molar-refractivity contribution in [3.8, 4) is 23.5 Å². The summed E-state index contributed by atoms with van der Waals surface area (Å²) in [4.78, 5) is 37.2. The van der Waals surface area contributed by atoms with Gasteiger partial charge in [0.15, 0.2) is 0 Å². The molecular formula is C24H24N2O6. The predicted molar refractivity (Wildman–Crippen MR) is 117 cm³/mol. The number of terminal acetylenes is 1. The Hall–Kier alpha value is -3.83. The molecule has 0 saturated heterocycles. The van der Waals surface area contributed by atoms with Gasteiger partial charge in [-0.05, 0) is 22.3 Å². The molecular weight excluding hydrogens is 412 g/mol. The number of nitrogens with zero attached hydrogens (tertiary/aromatic N) is 1. The van der Waals surface area contributed by atoms with Gasteiger partial charge in [-0.15, -0.1) is 6.42 Å². The first kappa shape index (κ1) is 22.8. The number of aliphatic carboxylic acids is 1. The normalized spacial score (nSPS) is 12.8. The molecule has 2 amide bonds. The zero-order chi connectivity index (χ0) is 23.1. The molecule has 0 bridgehead atoms. The van der Waals surface area contributed by atoms with Crippen LogP contribution >= 0.6 is 0 Å². The van der Waals surface area contributed by atoms with Crippen molar-refractivity contribution < 1.29 is 29.0 Å². The van der Waals surface area contributed by atoms with Gasteiger partial charge in [-0.25, -0.2) is 4.79 Å². The van der Waals surface area contributed by atoms with Crippen LogP contribution in [0.1, 0.15) is 17.0 Å². The number of methoxy groups -OCH3 is 1. The van der Waals surface area contributed by atoms with Gasteiger partial charge in [-0.3, -0.25) is 9.59 Å². The van der Waals surface area contributed by atoms with Gasteiger partial charge >= 0.3 is 12.1 Å². The highest BCUT2D eigenvalue weighted by Crippen LogP contribution is 2.44.